The predicted octanol–water partition coefficient (Wildman–Crippen LogP) is 0.753. The number of hydrogen-bond donors (Lipinski definition) is 1. The Morgan fingerprint density at radius 1 is 1.39 bits per heavy atom. The fraction of sp³-hybridized carbons (Fsp3) is 0.333. The maximum atomic E-state index is 13.4. The van der Waals surface area contributed by atoms with E-state index in [4.69, 9.17) is 0 Å². The SMILES string of the molecule is CN1CC(=O)N(C[C@H](O)c2ccccc2F)C1=O. The van der Waals surface area contributed by atoms with E-state index in [1.165, 1.54) is 30.1 Å². The molecule has 6 heteroatoms. The summed E-state index contributed by atoms with van der Waals surface area (Å²) in [5.41, 5.74) is 0.0765. The summed E-state index contributed by atoms with van der Waals surface area (Å²) >= 11 is 0. The summed E-state index contributed by atoms with van der Waals surface area (Å²) in [5.74, 6) is -0.949. The van der Waals surface area contributed by atoms with Crippen molar-refractivity contribution in [1.29, 1.82) is 0 Å². The van der Waals surface area contributed by atoms with Crippen molar-refractivity contribution < 1.29 is 19.1 Å². The maximum absolute atomic E-state index is 13.4. The van der Waals surface area contributed by atoms with E-state index < -0.39 is 23.9 Å². The number of likely N-dealkylation sites (N-methyl/N-ethyl adjacent to an activating group) is 1. The third-order valence-corrected chi connectivity index (χ3v) is 2.85. The third kappa shape index (κ3) is 2.19. The minimum absolute atomic E-state index is 0.0111. The minimum Gasteiger partial charge on any atom is -0.386 e. The monoisotopic (exact) mass is 252 g/mol. The van der Waals surface area contributed by atoms with Gasteiger partial charge in [0.2, 0.25) is 5.91 Å². The molecule has 0 saturated carbocycles. The zero-order valence-corrected chi connectivity index (χ0v) is 9.84. The summed E-state index contributed by atoms with van der Waals surface area (Å²) in [6.45, 7) is -0.244. The highest BCUT2D eigenvalue weighted by molar-refractivity contribution is 6.01. The van der Waals surface area contributed by atoms with Gasteiger partial charge in [0.15, 0.2) is 0 Å². The number of hydrogen-bond acceptors (Lipinski definition) is 3. The number of aliphatic hydroxyl groups is 1. The van der Waals surface area contributed by atoms with Crippen molar-refractivity contribution in [2.75, 3.05) is 20.1 Å². The Morgan fingerprint density at radius 2 is 2.06 bits per heavy atom. The van der Waals surface area contributed by atoms with Gasteiger partial charge in [0, 0.05) is 12.6 Å². The molecule has 1 fully saturated rings. The summed E-state index contributed by atoms with van der Waals surface area (Å²) in [5, 5.41) is 9.88. The molecule has 96 valence electrons. The number of urea groups is 1. The van der Waals surface area contributed by atoms with Gasteiger partial charge in [0.05, 0.1) is 12.6 Å². The van der Waals surface area contributed by atoms with Gasteiger partial charge in [-0.05, 0) is 6.07 Å². The molecule has 1 aromatic rings. The van der Waals surface area contributed by atoms with Crippen LogP contribution in [0.4, 0.5) is 9.18 Å². The highest BCUT2D eigenvalue weighted by Gasteiger charge is 2.35. The molecule has 0 aliphatic carbocycles. The molecule has 5 nitrogen and oxygen atoms in total. The van der Waals surface area contributed by atoms with E-state index in [9.17, 15) is 19.1 Å². The molecule has 2 rings (SSSR count). The van der Waals surface area contributed by atoms with Crippen molar-refractivity contribution in [3.05, 3.63) is 35.6 Å². The van der Waals surface area contributed by atoms with Crippen molar-refractivity contribution in [1.82, 2.24) is 9.80 Å². The van der Waals surface area contributed by atoms with Crippen LogP contribution in [-0.2, 0) is 4.79 Å². The maximum Gasteiger partial charge on any atom is 0.327 e. The number of halogens is 1. The molecule has 0 bridgehead atoms. The first-order valence-electron chi connectivity index (χ1n) is 5.48. The second-order valence-corrected chi connectivity index (χ2v) is 4.18. The topological polar surface area (TPSA) is 60.9 Å². The lowest BCUT2D eigenvalue weighted by Gasteiger charge is -2.18. The van der Waals surface area contributed by atoms with Gasteiger partial charge in [-0.1, -0.05) is 18.2 Å². The summed E-state index contributed by atoms with van der Waals surface area (Å²) < 4.78 is 13.4. The van der Waals surface area contributed by atoms with Crippen LogP contribution in [0.15, 0.2) is 24.3 Å². The number of nitrogens with zero attached hydrogens (tertiary/aromatic N) is 2. The Labute approximate surface area is 103 Å². The number of aliphatic hydroxyl groups excluding tert-OH is 1. The summed E-state index contributed by atoms with van der Waals surface area (Å²) in [7, 11) is 1.50. The zero-order chi connectivity index (χ0) is 13.3. The molecular weight excluding hydrogens is 239 g/mol. The molecule has 0 radical (unpaired) electrons. The van der Waals surface area contributed by atoms with Gasteiger partial charge < -0.3 is 10.0 Å². The van der Waals surface area contributed by atoms with Crippen LogP contribution in [0, 0.1) is 5.82 Å². The summed E-state index contributed by atoms with van der Waals surface area (Å²) in [4.78, 5) is 25.3. The number of benzene rings is 1. The first-order chi connectivity index (χ1) is 8.50. The van der Waals surface area contributed by atoms with E-state index in [1.807, 2.05) is 0 Å². The average Bonchev–Trinajstić information content (AvgIpc) is 2.56. The largest absolute Gasteiger partial charge is 0.386 e. The molecular formula is C12H13FN2O3. The van der Waals surface area contributed by atoms with E-state index in [1.54, 1.807) is 6.07 Å². The summed E-state index contributed by atoms with van der Waals surface area (Å²) in [6.07, 6.45) is -1.22. The van der Waals surface area contributed by atoms with E-state index >= 15 is 0 Å². The molecule has 1 atom stereocenters. The van der Waals surface area contributed by atoms with Gasteiger partial charge >= 0.3 is 6.03 Å². The normalized spacial score (nSPS) is 17.5. The minimum atomic E-state index is -1.22. The van der Waals surface area contributed by atoms with Gasteiger partial charge in [-0.25, -0.2) is 9.18 Å². The van der Waals surface area contributed by atoms with E-state index in [0.717, 1.165) is 4.90 Å². The molecule has 1 N–H and O–H groups in total. The van der Waals surface area contributed by atoms with Crippen LogP contribution in [0.25, 0.3) is 0 Å². The van der Waals surface area contributed by atoms with E-state index in [-0.39, 0.29) is 18.7 Å². The fourth-order valence-corrected chi connectivity index (χ4v) is 1.87. The second-order valence-electron chi connectivity index (χ2n) is 4.18. The van der Waals surface area contributed by atoms with E-state index in [2.05, 4.69) is 0 Å². The number of carbonyl (C=O) groups is 2. The van der Waals surface area contributed by atoms with Crippen LogP contribution in [0.5, 0.6) is 0 Å². The van der Waals surface area contributed by atoms with Crippen molar-refractivity contribution in [3.63, 3.8) is 0 Å². The molecule has 0 aromatic heterocycles. The van der Waals surface area contributed by atoms with Crippen LogP contribution in [-0.4, -0.2) is 47.0 Å². The van der Waals surface area contributed by atoms with Gasteiger partial charge in [-0.15, -0.1) is 0 Å². The lowest BCUT2D eigenvalue weighted by Crippen LogP contribution is -2.35. The van der Waals surface area contributed by atoms with Crippen molar-refractivity contribution in [3.8, 4) is 0 Å². The predicted molar refractivity (Wildman–Crippen MR) is 61.1 cm³/mol. The molecule has 1 heterocycles. The van der Waals surface area contributed by atoms with Gasteiger partial charge in [0.1, 0.15) is 12.4 Å². The highest BCUT2D eigenvalue weighted by atomic mass is 19.1. The molecule has 0 spiro atoms. The zero-order valence-electron chi connectivity index (χ0n) is 9.84. The quantitative estimate of drug-likeness (QED) is 0.808. The Bertz CT molecular complexity index is 492. The Balaban J connectivity index is 2.13. The smallest absolute Gasteiger partial charge is 0.327 e. The van der Waals surface area contributed by atoms with E-state index in [0.29, 0.717) is 0 Å². The second kappa shape index (κ2) is 4.73. The number of amides is 3. The highest BCUT2D eigenvalue weighted by Crippen LogP contribution is 2.20. The Morgan fingerprint density at radius 3 is 2.61 bits per heavy atom. The molecule has 18 heavy (non-hydrogen) atoms. The number of carbonyl (C=O) groups excluding carboxylic acids is 2. The van der Waals surface area contributed by atoms with Crippen LogP contribution in [0.1, 0.15) is 11.7 Å². The Kier molecular flexibility index (Phi) is 3.29. The average molecular weight is 252 g/mol. The lowest BCUT2D eigenvalue weighted by molar-refractivity contribution is -0.126. The number of β-amino-alcohol motifs (C(OH)–C–C–N with tert-alkyl or cyclic N) is 1. The van der Waals surface area contributed by atoms with Gasteiger partial charge in [0.25, 0.3) is 0 Å². The Hall–Kier alpha value is -1.95. The first kappa shape index (κ1) is 12.5. The van der Waals surface area contributed by atoms with Crippen LogP contribution < -0.4 is 0 Å². The van der Waals surface area contributed by atoms with Gasteiger partial charge in [-0.2, -0.15) is 0 Å². The molecule has 0 unspecified atom stereocenters. The molecule has 1 saturated heterocycles. The number of imide groups is 1. The molecule has 1 aromatic carbocycles. The van der Waals surface area contributed by atoms with Crippen LogP contribution in [0.2, 0.25) is 0 Å². The van der Waals surface area contributed by atoms with Gasteiger partial charge in [-0.3, -0.25) is 9.69 Å². The van der Waals surface area contributed by atoms with Crippen LogP contribution >= 0.6 is 0 Å². The standard InChI is InChI=1S/C12H13FN2O3/c1-14-7-11(17)15(12(14)18)6-10(16)8-4-2-3-5-9(8)13/h2-5,10,16H,6-7H2,1H3/t10-/m0/s1. The molecule has 1 aliphatic rings. The molecule has 1 aliphatic heterocycles. The third-order valence-electron chi connectivity index (χ3n) is 2.85. The summed E-state index contributed by atoms with van der Waals surface area (Å²) in [6, 6.07) is 5.26. The molecule has 3 amide bonds. The number of rotatable bonds is 3. The first-order valence-corrected chi connectivity index (χ1v) is 5.48. The van der Waals surface area contributed by atoms with Crippen molar-refractivity contribution in [2.24, 2.45) is 0 Å². The lowest BCUT2D eigenvalue weighted by atomic mass is 10.1. The fourth-order valence-electron chi connectivity index (χ4n) is 1.87. The van der Waals surface area contributed by atoms with Crippen LogP contribution in [0.3, 0.4) is 0 Å². The van der Waals surface area contributed by atoms with Crippen molar-refractivity contribution in [2.45, 2.75) is 6.10 Å². The van der Waals surface area contributed by atoms with Crippen molar-refractivity contribution >= 4 is 11.9 Å².